The lowest BCUT2D eigenvalue weighted by Crippen LogP contribution is -2.18. The second-order valence-corrected chi connectivity index (χ2v) is 3.69. The van der Waals surface area contributed by atoms with E-state index in [1.165, 1.54) is 12.8 Å². The number of rotatable bonds is 7. The molecule has 0 aromatic heterocycles. The van der Waals surface area contributed by atoms with E-state index in [4.69, 9.17) is 0 Å². The van der Waals surface area contributed by atoms with Crippen LogP contribution in [0.15, 0.2) is 0 Å². The molecule has 0 saturated heterocycles. The van der Waals surface area contributed by atoms with Gasteiger partial charge in [-0.1, -0.05) is 48.8 Å². The number of hydrogen-bond acceptors (Lipinski definition) is 3. The Morgan fingerprint density at radius 2 is 2.15 bits per heavy atom. The Morgan fingerprint density at radius 3 is 2.69 bits per heavy atom. The summed E-state index contributed by atoms with van der Waals surface area (Å²) in [5, 5.41) is 9.20. The van der Waals surface area contributed by atoms with E-state index in [1.807, 2.05) is 22.6 Å². The van der Waals surface area contributed by atoms with Gasteiger partial charge >= 0.3 is 5.97 Å². The Hall–Kier alpha value is 0.160. The Bertz CT molecular complexity index is 139. The highest BCUT2D eigenvalue weighted by molar-refractivity contribution is 14.1. The van der Waals surface area contributed by atoms with Gasteiger partial charge in [-0.25, -0.2) is 0 Å². The molecule has 4 heteroatoms. The van der Waals surface area contributed by atoms with Gasteiger partial charge in [0.25, 0.3) is 0 Å². The van der Waals surface area contributed by atoms with Crippen LogP contribution >= 0.6 is 22.6 Å². The van der Waals surface area contributed by atoms with Crippen molar-refractivity contribution in [2.75, 3.05) is 4.43 Å². The normalized spacial score (nSPS) is 12.5. The summed E-state index contributed by atoms with van der Waals surface area (Å²) in [4.78, 5) is 10.7. The molecule has 0 aromatic rings. The molecular weight excluding hydrogens is 283 g/mol. The number of unbranched alkanes of at least 4 members (excludes halogenated alkanes) is 3. The molecule has 0 spiro atoms. The molecule has 13 heavy (non-hydrogen) atoms. The third kappa shape index (κ3) is 8.49. The molecule has 0 fully saturated rings. The first-order chi connectivity index (χ1) is 6.20. The number of alkyl halides is 1. The monoisotopic (exact) mass is 300 g/mol. The molecule has 1 N–H and O–H groups in total. The van der Waals surface area contributed by atoms with Gasteiger partial charge in [-0.3, -0.25) is 4.79 Å². The molecule has 0 bridgehead atoms. The van der Waals surface area contributed by atoms with Crippen molar-refractivity contribution in [2.24, 2.45) is 0 Å². The van der Waals surface area contributed by atoms with Crippen LogP contribution in [0.1, 0.15) is 39.0 Å². The molecule has 0 aliphatic rings. The minimum Gasteiger partial charge on any atom is -0.435 e. The zero-order valence-corrected chi connectivity index (χ0v) is 10.1. The van der Waals surface area contributed by atoms with Crippen LogP contribution < -0.4 is 0 Å². The Labute approximate surface area is 93.0 Å². The molecule has 0 aliphatic carbocycles. The third-order valence-corrected chi connectivity index (χ3v) is 2.30. The minimum absolute atomic E-state index is 0.295. The van der Waals surface area contributed by atoms with Gasteiger partial charge in [0.15, 0.2) is 0 Å². The lowest BCUT2D eigenvalue weighted by Gasteiger charge is -2.10. The van der Waals surface area contributed by atoms with Crippen LogP contribution in [0.5, 0.6) is 0 Å². The number of carbonyl (C=O) groups excluding carboxylic acids is 1. The number of hydrogen-bond donors (Lipinski definition) is 1. The number of halogens is 1. The predicted octanol–water partition coefficient (Wildman–Crippen LogP) is 2.25. The highest BCUT2D eigenvalue weighted by Gasteiger charge is 2.08. The van der Waals surface area contributed by atoms with Crippen molar-refractivity contribution < 1.29 is 14.6 Å². The number of aliphatic hydroxyl groups is 1. The average molecular weight is 300 g/mol. The Kier molecular flexibility index (Phi) is 8.85. The van der Waals surface area contributed by atoms with Crippen molar-refractivity contribution in [1.29, 1.82) is 0 Å². The van der Waals surface area contributed by atoms with Gasteiger partial charge in [-0.2, -0.15) is 0 Å². The van der Waals surface area contributed by atoms with E-state index in [0.29, 0.717) is 10.8 Å². The number of ether oxygens (including phenoxy) is 1. The Balaban J connectivity index is 3.29. The lowest BCUT2D eigenvalue weighted by molar-refractivity contribution is -0.165. The summed E-state index contributed by atoms with van der Waals surface area (Å²) in [6.07, 6.45) is 4.01. The molecule has 0 aliphatic heterocycles. The zero-order chi connectivity index (χ0) is 10.1. The smallest absolute Gasteiger partial charge is 0.318 e. The molecule has 0 radical (unpaired) electrons. The van der Waals surface area contributed by atoms with Crippen LogP contribution in [-0.2, 0) is 9.53 Å². The first-order valence-electron chi connectivity index (χ1n) is 4.64. The topological polar surface area (TPSA) is 46.5 Å². The summed E-state index contributed by atoms with van der Waals surface area (Å²) in [6.45, 7) is 2.13. The fourth-order valence-electron chi connectivity index (χ4n) is 0.988. The van der Waals surface area contributed by atoms with Crippen molar-refractivity contribution in [3.05, 3.63) is 0 Å². The molecule has 78 valence electrons. The van der Waals surface area contributed by atoms with E-state index in [2.05, 4.69) is 11.7 Å². The molecule has 1 atom stereocenters. The zero-order valence-electron chi connectivity index (χ0n) is 7.96. The van der Waals surface area contributed by atoms with Crippen LogP contribution in [0.3, 0.4) is 0 Å². The lowest BCUT2D eigenvalue weighted by atomic mass is 10.1. The van der Waals surface area contributed by atoms with Gasteiger partial charge in [0.05, 0.1) is 4.43 Å². The molecule has 1 unspecified atom stereocenters. The van der Waals surface area contributed by atoms with Crippen molar-refractivity contribution in [1.82, 2.24) is 0 Å². The summed E-state index contributed by atoms with van der Waals surface area (Å²) in [7, 11) is 0. The number of aliphatic hydroxyl groups excluding tert-OH is 1. The SMILES string of the molecule is CCCCCCC(O)OC(=O)CI. The molecule has 0 heterocycles. The van der Waals surface area contributed by atoms with Crippen molar-refractivity contribution in [2.45, 2.75) is 45.3 Å². The molecular formula is C9H17IO3. The maximum absolute atomic E-state index is 10.7. The molecule has 3 nitrogen and oxygen atoms in total. The summed E-state index contributed by atoms with van der Waals surface area (Å²) in [5.74, 6) is -0.344. The first-order valence-corrected chi connectivity index (χ1v) is 6.16. The quantitative estimate of drug-likeness (QED) is 0.258. The predicted molar refractivity (Wildman–Crippen MR) is 59.7 cm³/mol. The number of carbonyl (C=O) groups is 1. The van der Waals surface area contributed by atoms with E-state index >= 15 is 0 Å². The van der Waals surface area contributed by atoms with Crippen molar-refractivity contribution in [3.63, 3.8) is 0 Å². The van der Waals surface area contributed by atoms with Crippen LogP contribution in [0.25, 0.3) is 0 Å². The largest absolute Gasteiger partial charge is 0.435 e. The van der Waals surface area contributed by atoms with Crippen molar-refractivity contribution in [3.8, 4) is 0 Å². The number of esters is 1. The Morgan fingerprint density at radius 1 is 1.46 bits per heavy atom. The van der Waals surface area contributed by atoms with Gasteiger partial charge in [-0.15, -0.1) is 0 Å². The van der Waals surface area contributed by atoms with Gasteiger partial charge in [0.2, 0.25) is 6.29 Å². The second-order valence-electron chi connectivity index (χ2n) is 2.93. The van der Waals surface area contributed by atoms with E-state index in [-0.39, 0.29) is 5.97 Å². The van der Waals surface area contributed by atoms with E-state index in [1.54, 1.807) is 0 Å². The van der Waals surface area contributed by atoms with Crippen LogP contribution in [-0.4, -0.2) is 21.8 Å². The first kappa shape index (κ1) is 13.2. The molecule has 0 amide bonds. The van der Waals surface area contributed by atoms with E-state index < -0.39 is 6.29 Å². The van der Waals surface area contributed by atoms with Crippen molar-refractivity contribution >= 4 is 28.6 Å². The maximum Gasteiger partial charge on any atom is 0.318 e. The van der Waals surface area contributed by atoms with Crippen LogP contribution in [0.4, 0.5) is 0 Å². The van der Waals surface area contributed by atoms with Crippen LogP contribution in [0.2, 0.25) is 0 Å². The third-order valence-electron chi connectivity index (χ3n) is 1.68. The minimum atomic E-state index is -0.904. The van der Waals surface area contributed by atoms with Gasteiger partial charge in [0, 0.05) is 6.42 Å². The van der Waals surface area contributed by atoms with E-state index in [9.17, 15) is 9.90 Å². The average Bonchev–Trinajstić information content (AvgIpc) is 2.12. The molecule has 0 saturated carbocycles. The van der Waals surface area contributed by atoms with Gasteiger partial charge in [-0.05, 0) is 6.42 Å². The second kappa shape index (κ2) is 8.74. The fourth-order valence-corrected chi connectivity index (χ4v) is 1.17. The van der Waals surface area contributed by atoms with Gasteiger partial charge in [0.1, 0.15) is 0 Å². The highest BCUT2D eigenvalue weighted by atomic mass is 127. The highest BCUT2D eigenvalue weighted by Crippen LogP contribution is 2.06. The summed E-state index contributed by atoms with van der Waals surface area (Å²) in [6, 6.07) is 0. The molecule has 0 aromatic carbocycles. The summed E-state index contributed by atoms with van der Waals surface area (Å²) in [5.41, 5.74) is 0. The standard InChI is InChI=1S/C9H17IO3/c1-2-3-4-5-6-8(11)13-9(12)7-10/h8,11H,2-7H2,1H3. The molecule has 0 rings (SSSR count). The summed E-state index contributed by atoms with van der Waals surface area (Å²) >= 11 is 1.91. The van der Waals surface area contributed by atoms with E-state index in [0.717, 1.165) is 12.8 Å². The van der Waals surface area contributed by atoms with Crippen LogP contribution in [0, 0.1) is 0 Å². The maximum atomic E-state index is 10.7. The summed E-state index contributed by atoms with van der Waals surface area (Å²) < 4.78 is 4.98. The van der Waals surface area contributed by atoms with Gasteiger partial charge < -0.3 is 9.84 Å². The fraction of sp³-hybridized carbons (Fsp3) is 0.889.